The highest BCUT2D eigenvalue weighted by Gasteiger charge is 2.51. The van der Waals surface area contributed by atoms with Gasteiger partial charge in [-0.25, -0.2) is 0 Å². The van der Waals surface area contributed by atoms with Crippen molar-refractivity contribution < 1.29 is 31.4 Å². The molecule has 1 aromatic rings. The molecule has 0 bridgehead atoms. The van der Waals surface area contributed by atoms with Crippen molar-refractivity contribution in [2.45, 2.75) is 18.5 Å². The summed E-state index contributed by atoms with van der Waals surface area (Å²) in [5, 5.41) is 10.7. The number of halogens is 6. The van der Waals surface area contributed by atoms with Crippen LogP contribution in [0.4, 0.5) is 26.3 Å². The molecule has 0 amide bonds. The highest BCUT2D eigenvalue weighted by molar-refractivity contribution is 7.10. The van der Waals surface area contributed by atoms with E-state index in [1.807, 2.05) is 0 Å². The number of aliphatic hydroxyl groups excluding tert-OH is 1. The first-order valence-corrected chi connectivity index (χ1v) is 5.08. The van der Waals surface area contributed by atoms with Crippen LogP contribution in [0.25, 0.3) is 0 Å². The molecule has 1 atom stereocenters. The van der Waals surface area contributed by atoms with E-state index in [9.17, 15) is 31.4 Å². The maximum atomic E-state index is 12.1. The quantitative estimate of drug-likeness (QED) is 0.643. The number of thiophene rings is 1. The monoisotopic (exact) mass is 276 g/mol. The Labute approximate surface area is 96.0 Å². The smallest absolute Gasteiger partial charge is 0.383 e. The lowest BCUT2D eigenvalue weighted by Gasteiger charge is -2.16. The third-order valence-electron chi connectivity index (χ3n) is 1.77. The minimum absolute atomic E-state index is 0.0102. The van der Waals surface area contributed by atoms with E-state index in [0.29, 0.717) is 0 Å². The Kier molecular flexibility index (Phi) is 3.88. The lowest BCUT2D eigenvalue weighted by atomic mass is 10.1. The van der Waals surface area contributed by atoms with Crippen molar-refractivity contribution in [1.82, 2.24) is 0 Å². The maximum absolute atomic E-state index is 12.1. The molecule has 0 spiro atoms. The van der Waals surface area contributed by atoms with Crippen LogP contribution in [0.2, 0.25) is 0 Å². The summed E-state index contributed by atoms with van der Waals surface area (Å²) in [6.45, 7) is 0. The summed E-state index contributed by atoms with van der Waals surface area (Å²) in [5.41, 5.74) is -2.70. The Hall–Kier alpha value is -1.02. The van der Waals surface area contributed by atoms with Gasteiger partial charge in [0.25, 0.3) is 0 Å². The number of aliphatic hydroxyl groups is 1. The third-order valence-corrected chi connectivity index (χ3v) is 2.71. The molecule has 0 aromatic carbocycles. The SMILES string of the molecule is OC(C=C(C(F)(F)F)C(F)(F)F)c1cccs1. The van der Waals surface area contributed by atoms with Crippen molar-refractivity contribution in [3.63, 3.8) is 0 Å². The number of rotatable bonds is 2. The van der Waals surface area contributed by atoms with Crippen LogP contribution in [0.3, 0.4) is 0 Å². The Morgan fingerprint density at radius 3 is 2.06 bits per heavy atom. The van der Waals surface area contributed by atoms with Gasteiger partial charge in [-0.1, -0.05) is 6.07 Å². The fourth-order valence-corrected chi connectivity index (χ4v) is 1.73. The molecular formula is C9H6F6OS. The number of hydrogen-bond donors (Lipinski definition) is 1. The van der Waals surface area contributed by atoms with E-state index in [1.165, 1.54) is 17.5 Å². The summed E-state index contributed by atoms with van der Waals surface area (Å²) in [6, 6.07) is 2.66. The topological polar surface area (TPSA) is 20.2 Å². The van der Waals surface area contributed by atoms with Crippen LogP contribution < -0.4 is 0 Å². The highest BCUT2D eigenvalue weighted by atomic mass is 32.1. The number of alkyl halides is 6. The predicted octanol–water partition coefficient (Wildman–Crippen LogP) is 3.83. The molecular weight excluding hydrogens is 270 g/mol. The molecule has 8 heteroatoms. The molecule has 1 aromatic heterocycles. The first-order chi connectivity index (χ1) is 7.62. The summed E-state index contributed by atoms with van der Waals surface area (Å²) < 4.78 is 72.7. The Balaban J connectivity index is 3.07. The van der Waals surface area contributed by atoms with Crippen LogP contribution in [0, 0.1) is 0 Å². The molecule has 96 valence electrons. The van der Waals surface area contributed by atoms with Crippen molar-refractivity contribution in [2.24, 2.45) is 0 Å². The van der Waals surface area contributed by atoms with Crippen LogP contribution in [-0.4, -0.2) is 17.5 Å². The van der Waals surface area contributed by atoms with E-state index in [4.69, 9.17) is 0 Å². The Morgan fingerprint density at radius 1 is 1.18 bits per heavy atom. The normalized spacial score (nSPS) is 14.5. The summed E-state index contributed by atoms with van der Waals surface area (Å²) in [4.78, 5) is 0.0102. The average Bonchev–Trinajstić information content (AvgIpc) is 2.62. The van der Waals surface area contributed by atoms with Gasteiger partial charge in [-0.2, -0.15) is 26.3 Å². The van der Waals surface area contributed by atoms with E-state index in [0.717, 1.165) is 11.3 Å². The Bertz CT molecular complexity index is 373. The summed E-state index contributed by atoms with van der Waals surface area (Å²) in [7, 11) is 0. The first-order valence-electron chi connectivity index (χ1n) is 4.20. The van der Waals surface area contributed by atoms with Gasteiger partial charge < -0.3 is 5.11 Å². The molecule has 0 fully saturated rings. The highest BCUT2D eigenvalue weighted by Crippen LogP contribution is 2.40. The zero-order chi connectivity index (χ0) is 13.3. The van der Waals surface area contributed by atoms with Crippen molar-refractivity contribution in [2.75, 3.05) is 0 Å². The molecule has 1 nitrogen and oxygen atoms in total. The second-order valence-electron chi connectivity index (χ2n) is 3.04. The van der Waals surface area contributed by atoms with Crippen molar-refractivity contribution in [3.05, 3.63) is 34.0 Å². The zero-order valence-corrected chi connectivity index (χ0v) is 8.83. The lowest BCUT2D eigenvalue weighted by molar-refractivity contribution is -0.173. The van der Waals surface area contributed by atoms with Crippen LogP contribution in [-0.2, 0) is 0 Å². The molecule has 0 radical (unpaired) electrons. The molecule has 0 saturated carbocycles. The second-order valence-corrected chi connectivity index (χ2v) is 4.02. The van der Waals surface area contributed by atoms with Gasteiger partial charge in [-0.15, -0.1) is 11.3 Å². The number of hydrogen-bond acceptors (Lipinski definition) is 2. The number of allylic oxidation sites excluding steroid dienone is 1. The lowest BCUT2D eigenvalue weighted by Crippen LogP contribution is -2.26. The van der Waals surface area contributed by atoms with E-state index >= 15 is 0 Å². The van der Waals surface area contributed by atoms with Gasteiger partial charge in [-0.3, -0.25) is 0 Å². The molecule has 0 aliphatic heterocycles. The van der Waals surface area contributed by atoms with Crippen molar-refractivity contribution in [3.8, 4) is 0 Å². The average molecular weight is 276 g/mol. The summed E-state index contributed by atoms with van der Waals surface area (Å²) in [5.74, 6) is 0. The van der Waals surface area contributed by atoms with E-state index in [1.54, 1.807) is 0 Å². The molecule has 1 heterocycles. The molecule has 1 rings (SSSR count). The molecule has 17 heavy (non-hydrogen) atoms. The fraction of sp³-hybridized carbons (Fsp3) is 0.333. The van der Waals surface area contributed by atoms with Crippen LogP contribution in [0.1, 0.15) is 11.0 Å². The minimum Gasteiger partial charge on any atom is -0.383 e. The van der Waals surface area contributed by atoms with Crippen molar-refractivity contribution >= 4 is 11.3 Å². The van der Waals surface area contributed by atoms with Crippen LogP contribution in [0.5, 0.6) is 0 Å². The van der Waals surface area contributed by atoms with E-state index in [2.05, 4.69) is 0 Å². The van der Waals surface area contributed by atoms with E-state index in [-0.39, 0.29) is 11.0 Å². The van der Waals surface area contributed by atoms with Gasteiger partial charge in [0.1, 0.15) is 11.7 Å². The molecule has 1 unspecified atom stereocenters. The summed E-state index contributed by atoms with van der Waals surface area (Å²) >= 11 is 0.865. The van der Waals surface area contributed by atoms with Crippen molar-refractivity contribution in [1.29, 1.82) is 0 Å². The largest absolute Gasteiger partial charge is 0.421 e. The van der Waals surface area contributed by atoms with E-state index < -0.39 is 24.0 Å². The third kappa shape index (κ3) is 3.74. The van der Waals surface area contributed by atoms with Gasteiger partial charge in [0, 0.05) is 4.88 Å². The van der Waals surface area contributed by atoms with Gasteiger partial charge in [0.2, 0.25) is 0 Å². The standard InChI is InChI=1S/C9H6F6OS/c10-8(11,12)7(9(13,14)15)4-5(16)6-2-1-3-17-6/h1-5,16H. The fourth-order valence-electron chi connectivity index (χ4n) is 1.05. The maximum Gasteiger partial charge on any atom is 0.421 e. The van der Waals surface area contributed by atoms with Crippen LogP contribution in [0.15, 0.2) is 29.2 Å². The second kappa shape index (κ2) is 4.69. The zero-order valence-electron chi connectivity index (χ0n) is 8.01. The predicted molar refractivity (Wildman–Crippen MR) is 49.5 cm³/mol. The molecule has 1 N–H and O–H groups in total. The molecule has 0 saturated heterocycles. The van der Waals surface area contributed by atoms with Gasteiger partial charge >= 0.3 is 12.4 Å². The minimum atomic E-state index is -5.55. The summed E-state index contributed by atoms with van der Waals surface area (Å²) in [6.07, 6.45) is -13.2. The first kappa shape index (κ1) is 14.0. The van der Waals surface area contributed by atoms with Gasteiger partial charge in [0.15, 0.2) is 0 Å². The van der Waals surface area contributed by atoms with Gasteiger partial charge in [0.05, 0.1) is 0 Å². The van der Waals surface area contributed by atoms with Crippen LogP contribution >= 0.6 is 11.3 Å². The molecule has 0 aliphatic carbocycles. The van der Waals surface area contributed by atoms with Gasteiger partial charge in [-0.05, 0) is 17.5 Å². The Morgan fingerprint density at radius 2 is 1.71 bits per heavy atom. The molecule has 0 aliphatic rings.